The number of hydrogen-bond donors (Lipinski definition) is 1. The molecule has 0 fully saturated rings. The van der Waals surface area contributed by atoms with Gasteiger partial charge in [-0.25, -0.2) is 0 Å². The zero-order chi connectivity index (χ0) is 21.7. The first-order valence-corrected chi connectivity index (χ1v) is 10.6. The number of esters is 1. The van der Waals surface area contributed by atoms with Crippen LogP contribution in [0.25, 0.3) is 11.1 Å². The van der Waals surface area contributed by atoms with Gasteiger partial charge in [-0.1, -0.05) is 68.2 Å². The predicted octanol–water partition coefficient (Wildman–Crippen LogP) is 5.52. The van der Waals surface area contributed by atoms with Crippen LogP contribution in [0.5, 0.6) is 0 Å². The summed E-state index contributed by atoms with van der Waals surface area (Å²) in [5, 5.41) is 12.5. The molecule has 30 heavy (non-hydrogen) atoms. The van der Waals surface area contributed by atoms with Gasteiger partial charge in [0.15, 0.2) is 0 Å². The predicted molar refractivity (Wildman–Crippen MR) is 117 cm³/mol. The van der Waals surface area contributed by atoms with Crippen LogP contribution in [0.3, 0.4) is 0 Å². The molecule has 0 aromatic heterocycles. The molecular weight excluding hydrogens is 378 g/mol. The van der Waals surface area contributed by atoms with E-state index in [4.69, 9.17) is 0 Å². The summed E-state index contributed by atoms with van der Waals surface area (Å²) >= 11 is 0. The van der Waals surface area contributed by atoms with Gasteiger partial charge in [-0.3, -0.25) is 9.59 Å². The van der Waals surface area contributed by atoms with Crippen molar-refractivity contribution in [2.75, 3.05) is 7.11 Å². The van der Waals surface area contributed by atoms with E-state index in [2.05, 4.69) is 48.0 Å². The van der Waals surface area contributed by atoms with Crippen molar-refractivity contribution in [1.82, 2.24) is 0 Å². The Morgan fingerprint density at radius 2 is 1.63 bits per heavy atom. The van der Waals surface area contributed by atoms with Crippen LogP contribution in [0, 0.1) is 0 Å². The van der Waals surface area contributed by atoms with Crippen molar-refractivity contribution >= 4 is 17.5 Å². The summed E-state index contributed by atoms with van der Waals surface area (Å²) in [5.74, 6) is -0.805. The number of ether oxygens (including phenoxy) is 1. The van der Waals surface area contributed by atoms with E-state index >= 15 is 0 Å². The number of carbonyl (C=O) groups is 2. The van der Waals surface area contributed by atoms with Crippen molar-refractivity contribution in [3.8, 4) is 11.1 Å². The Bertz CT molecular complexity index is 971. The average Bonchev–Trinajstić information content (AvgIpc) is 3.04. The zero-order valence-corrected chi connectivity index (χ0v) is 17.9. The van der Waals surface area contributed by atoms with Crippen molar-refractivity contribution in [1.29, 1.82) is 0 Å². The fourth-order valence-electron chi connectivity index (χ4n) is 4.81. The minimum absolute atomic E-state index is 0.00633. The second-order valence-corrected chi connectivity index (χ2v) is 7.84. The second-order valence-electron chi connectivity index (χ2n) is 7.84. The van der Waals surface area contributed by atoms with Crippen molar-refractivity contribution in [3.63, 3.8) is 0 Å². The lowest BCUT2D eigenvalue weighted by Gasteiger charge is -2.32. The SMILES string of the molecule is CCCC1(CCC)c2ccccc2-c2ccc(C(=O)/C(CCC(=O)OC)=N\O)cc21. The van der Waals surface area contributed by atoms with Crippen molar-refractivity contribution in [2.24, 2.45) is 5.16 Å². The maximum atomic E-state index is 13.0. The Balaban J connectivity index is 2.04. The Morgan fingerprint density at radius 3 is 2.27 bits per heavy atom. The molecule has 0 aliphatic heterocycles. The van der Waals surface area contributed by atoms with Crippen LogP contribution in [-0.2, 0) is 14.9 Å². The van der Waals surface area contributed by atoms with Gasteiger partial charge in [-0.05, 0) is 41.2 Å². The molecule has 5 heteroatoms. The first-order chi connectivity index (χ1) is 14.5. The van der Waals surface area contributed by atoms with E-state index in [-0.39, 0.29) is 29.8 Å². The lowest BCUT2D eigenvalue weighted by atomic mass is 9.71. The molecule has 5 nitrogen and oxygen atoms in total. The highest BCUT2D eigenvalue weighted by molar-refractivity contribution is 6.46. The van der Waals surface area contributed by atoms with Crippen LogP contribution in [-0.4, -0.2) is 29.8 Å². The topological polar surface area (TPSA) is 76.0 Å². The molecular formula is C25H29NO4. The number of carbonyl (C=O) groups excluding carboxylic acids is 2. The highest BCUT2D eigenvalue weighted by Crippen LogP contribution is 2.53. The number of hydrogen-bond acceptors (Lipinski definition) is 5. The number of fused-ring (bicyclic) bond motifs is 3. The number of rotatable bonds is 9. The van der Waals surface area contributed by atoms with Gasteiger partial charge >= 0.3 is 5.97 Å². The van der Waals surface area contributed by atoms with Crippen LogP contribution in [0.1, 0.15) is 73.9 Å². The van der Waals surface area contributed by atoms with Gasteiger partial charge in [0, 0.05) is 17.4 Å². The largest absolute Gasteiger partial charge is 0.469 e. The third kappa shape index (κ3) is 3.76. The van der Waals surface area contributed by atoms with Gasteiger partial charge < -0.3 is 9.94 Å². The number of benzene rings is 2. The number of Topliss-reactive ketones (excluding diaryl/α,β-unsaturated/α-hetero) is 1. The maximum absolute atomic E-state index is 13.0. The maximum Gasteiger partial charge on any atom is 0.305 e. The fourth-order valence-corrected chi connectivity index (χ4v) is 4.81. The molecule has 158 valence electrons. The molecule has 2 aromatic carbocycles. The number of nitrogens with zero attached hydrogens (tertiary/aromatic N) is 1. The zero-order valence-electron chi connectivity index (χ0n) is 17.9. The van der Waals surface area contributed by atoms with E-state index in [9.17, 15) is 14.8 Å². The van der Waals surface area contributed by atoms with E-state index in [0.29, 0.717) is 5.56 Å². The minimum atomic E-state index is -0.446. The fraction of sp³-hybridized carbons (Fsp3) is 0.400. The molecule has 3 rings (SSSR count). The Morgan fingerprint density at radius 1 is 0.967 bits per heavy atom. The van der Waals surface area contributed by atoms with E-state index < -0.39 is 5.97 Å². The molecule has 0 amide bonds. The standard InChI is InChI=1S/C25H29NO4/c1-4-14-25(15-5-2)20-9-7-6-8-18(20)19-11-10-17(16-21(19)25)24(28)22(26-29)12-13-23(27)30-3/h6-11,16,29H,4-5,12-15H2,1-3H3/b26-22-. The Hall–Kier alpha value is -2.95. The molecule has 0 heterocycles. The lowest BCUT2D eigenvalue weighted by molar-refractivity contribution is -0.140. The summed E-state index contributed by atoms with van der Waals surface area (Å²) in [6.07, 6.45) is 4.11. The number of oxime groups is 1. The summed E-state index contributed by atoms with van der Waals surface area (Å²) in [6, 6.07) is 14.3. The highest BCUT2D eigenvalue weighted by atomic mass is 16.5. The van der Waals surface area contributed by atoms with Crippen LogP contribution < -0.4 is 0 Å². The van der Waals surface area contributed by atoms with E-state index in [1.807, 2.05) is 12.1 Å². The molecule has 0 bridgehead atoms. The molecule has 0 spiro atoms. The monoisotopic (exact) mass is 407 g/mol. The van der Waals surface area contributed by atoms with E-state index in [1.54, 1.807) is 6.07 Å². The van der Waals surface area contributed by atoms with Crippen molar-refractivity contribution in [3.05, 3.63) is 59.2 Å². The Labute approximate surface area is 177 Å². The molecule has 0 radical (unpaired) electrons. The molecule has 0 unspecified atom stereocenters. The van der Waals surface area contributed by atoms with Crippen LogP contribution in [0.4, 0.5) is 0 Å². The molecule has 0 saturated heterocycles. The summed E-state index contributed by atoms with van der Waals surface area (Å²) in [7, 11) is 1.29. The van der Waals surface area contributed by atoms with E-state index in [0.717, 1.165) is 25.7 Å². The summed E-state index contributed by atoms with van der Waals surface area (Å²) in [6.45, 7) is 4.38. The first-order valence-electron chi connectivity index (χ1n) is 10.6. The highest BCUT2D eigenvalue weighted by Gasteiger charge is 2.41. The van der Waals surface area contributed by atoms with Gasteiger partial charge in [0.1, 0.15) is 5.71 Å². The molecule has 0 saturated carbocycles. The number of methoxy groups -OCH3 is 1. The molecule has 1 aliphatic carbocycles. The van der Waals surface area contributed by atoms with Gasteiger partial charge in [-0.2, -0.15) is 0 Å². The minimum Gasteiger partial charge on any atom is -0.469 e. The first kappa shape index (κ1) is 21.8. The smallest absolute Gasteiger partial charge is 0.305 e. The van der Waals surface area contributed by atoms with Crippen molar-refractivity contribution < 1.29 is 19.5 Å². The number of ketones is 1. The third-order valence-corrected chi connectivity index (χ3v) is 6.06. The normalized spacial score (nSPS) is 14.2. The van der Waals surface area contributed by atoms with Gasteiger partial charge in [0.25, 0.3) is 0 Å². The van der Waals surface area contributed by atoms with Gasteiger partial charge in [0.2, 0.25) is 5.78 Å². The summed E-state index contributed by atoms with van der Waals surface area (Å²) in [4.78, 5) is 24.5. The van der Waals surface area contributed by atoms with E-state index in [1.165, 1.54) is 29.4 Å². The van der Waals surface area contributed by atoms with Crippen molar-refractivity contribution in [2.45, 2.75) is 57.8 Å². The van der Waals surface area contributed by atoms with Crippen LogP contribution in [0.15, 0.2) is 47.6 Å². The molecule has 0 atom stereocenters. The molecule has 1 aliphatic rings. The quantitative estimate of drug-likeness (QED) is 0.195. The molecule has 1 N–H and O–H groups in total. The second kappa shape index (κ2) is 9.24. The van der Waals surface area contributed by atoms with Gasteiger partial charge in [0.05, 0.1) is 13.5 Å². The third-order valence-electron chi connectivity index (χ3n) is 6.06. The summed E-state index contributed by atoms with van der Waals surface area (Å²) < 4.78 is 4.62. The molecule has 2 aromatic rings. The lowest BCUT2D eigenvalue weighted by Crippen LogP contribution is -2.25. The average molecular weight is 408 g/mol. The van der Waals surface area contributed by atoms with Gasteiger partial charge in [-0.15, -0.1) is 0 Å². The van der Waals surface area contributed by atoms with Crippen LogP contribution in [0.2, 0.25) is 0 Å². The Kier molecular flexibility index (Phi) is 6.70. The van der Waals surface area contributed by atoms with Crippen LogP contribution >= 0.6 is 0 Å². The summed E-state index contributed by atoms with van der Waals surface area (Å²) in [5.41, 5.74) is 5.23.